The first-order valence-electron chi connectivity index (χ1n) is 9.32. The first kappa shape index (κ1) is 21.3. The van der Waals surface area contributed by atoms with Gasteiger partial charge in [-0.25, -0.2) is 0 Å². The number of aliphatic hydroxyl groups is 2. The van der Waals surface area contributed by atoms with Gasteiger partial charge in [0.05, 0.1) is 17.0 Å². The summed E-state index contributed by atoms with van der Waals surface area (Å²) in [5.41, 5.74) is 8.40. The molecular weight excluding hydrogens is 472 g/mol. The van der Waals surface area contributed by atoms with Gasteiger partial charge in [0.15, 0.2) is 11.4 Å². The van der Waals surface area contributed by atoms with Crippen LogP contribution in [0, 0.1) is 19.8 Å². The van der Waals surface area contributed by atoms with Crippen LogP contribution in [0.4, 0.5) is 0 Å². The molecule has 1 amide bonds. The smallest absolute Gasteiger partial charge is 0.255 e. The molecule has 0 heterocycles. The molecule has 0 unspecified atom stereocenters. The molecule has 0 saturated carbocycles. The Labute approximate surface area is 184 Å². The summed E-state index contributed by atoms with van der Waals surface area (Å²) in [4.78, 5) is 37.7. The van der Waals surface area contributed by atoms with Crippen LogP contribution in [0.2, 0.25) is 0 Å². The average Bonchev–Trinajstić information content (AvgIpc) is 2.68. The lowest BCUT2D eigenvalue weighted by Crippen LogP contribution is -2.64. The van der Waals surface area contributed by atoms with Gasteiger partial charge in [-0.1, -0.05) is 15.9 Å². The molecule has 0 aliphatic heterocycles. The lowest BCUT2D eigenvalue weighted by molar-refractivity contribution is -0.127. The lowest BCUT2D eigenvalue weighted by atomic mass is 9.61. The summed E-state index contributed by atoms with van der Waals surface area (Å²) >= 11 is 3.41. The highest BCUT2D eigenvalue weighted by molar-refractivity contribution is 9.10. The molecular formula is C21H19BrN2O7. The Morgan fingerprint density at radius 2 is 1.77 bits per heavy atom. The molecule has 0 fully saturated rings. The van der Waals surface area contributed by atoms with Gasteiger partial charge in [-0.05, 0) is 43.0 Å². The van der Waals surface area contributed by atoms with Crippen LogP contribution in [0.15, 0.2) is 21.9 Å². The Morgan fingerprint density at radius 1 is 1.16 bits per heavy atom. The number of nitrogens with two attached hydrogens (primary N) is 2. The fraction of sp³-hybridized carbons (Fsp3) is 0.286. The third-order valence-electron chi connectivity index (χ3n) is 6.41. The number of benzene rings is 2. The third kappa shape index (κ3) is 2.46. The molecule has 4 rings (SSSR count). The Bertz CT molecular complexity index is 1280. The SMILES string of the molecule is Cc1cc(Br)c2c(C)c3c(c(O)c2c1O)C(=O)[C@]1(O)C(O)=C(C(N)=O)C(=O)[C@H](N)[C@@H]1C3. The summed E-state index contributed by atoms with van der Waals surface area (Å²) in [5.74, 6) is -6.77. The molecule has 2 aliphatic carbocycles. The summed E-state index contributed by atoms with van der Waals surface area (Å²) in [6.07, 6.45) is -0.156. The van der Waals surface area contributed by atoms with Gasteiger partial charge < -0.3 is 31.9 Å². The van der Waals surface area contributed by atoms with Gasteiger partial charge in [0, 0.05) is 15.8 Å². The van der Waals surface area contributed by atoms with Crippen LogP contribution in [-0.4, -0.2) is 49.5 Å². The van der Waals surface area contributed by atoms with Crippen LogP contribution in [0.3, 0.4) is 0 Å². The third-order valence-corrected chi connectivity index (χ3v) is 7.03. The van der Waals surface area contributed by atoms with Crippen molar-refractivity contribution in [3.63, 3.8) is 0 Å². The number of aromatic hydroxyl groups is 2. The fourth-order valence-corrected chi connectivity index (χ4v) is 5.60. The van der Waals surface area contributed by atoms with Crippen molar-refractivity contribution in [1.29, 1.82) is 0 Å². The molecule has 31 heavy (non-hydrogen) atoms. The summed E-state index contributed by atoms with van der Waals surface area (Å²) in [7, 11) is 0. The molecule has 10 heteroatoms. The molecule has 2 aromatic carbocycles. The minimum absolute atomic E-state index is 0.00620. The highest BCUT2D eigenvalue weighted by Crippen LogP contribution is 2.51. The maximum absolute atomic E-state index is 13.5. The number of amides is 1. The van der Waals surface area contributed by atoms with E-state index in [0.29, 0.717) is 26.5 Å². The molecule has 0 radical (unpaired) electrons. The first-order chi connectivity index (χ1) is 14.3. The Hall–Kier alpha value is -2.95. The van der Waals surface area contributed by atoms with Crippen molar-refractivity contribution in [2.75, 3.05) is 0 Å². The maximum atomic E-state index is 13.5. The minimum Gasteiger partial charge on any atom is -0.508 e. The van der Waals surface area contributed by atoms with E-state index in [4.69, 9.17) is 11.5 Å². The zero-order chi connectivity index (χ0) is 23.2. The van der Waals surface area contributed by atoms with Crippen LogP contribution < -0.4 is 11.5 Å². The van der Waals surface area contributed by atoms with Crippen LogP contribution in [0.5, 0.6) is 11.5 Å². The van der Waals surface area contributed by atoms with Gasteiger partial charge in [-0.15, -0.1) is 0 Å². The number of aryl methyl sites for hydroxylation is 2. The van der Waals surface area contributed by atoms with E-state index in [9.17, 15) is 34.8 Å². The summed E-state index contributed by atoms with van der Waals surface area (Å²) in [6, 6.07) is 0.161. The van der Waals surface area contributed by atoms with Gasteiger partial charge in [0.1, 0.15) is 22.8 Å². The number of Topliss-reactive ketones (excluding diaryl/α,β-unsaturated/α-hetero) is 2. The van der Waals surface area contributed by atoms with E-state index in [2.05, 4.69) is 15.9 Å². The molecule has 9 nitrogen and oxygen atoms in total. The molecule has 0 bridgehead atoms. The van der Waals surface area contributed by atoms with E-state index in [1.807, 2.05) is 0 Å². The number of primary amides is 1. The zero-order valence-corrected chi connectivity index (χ0v) is 18.1. The van der Waals surface area contributed by atoms with Crippen molar-refractivity contribution in [3.05, 3.63) is 44.1 Å². The predicted octanol–water partition coefficient (Wildman–Crippen LogP) is 0.924. The van der Waals surface area contributed by atoms with Gasteiger partial charge in [0.2, 0.25) is 5.78 Å². The number of carbonyl (C=O) groups excluding carboxylic acids is 3. The first-order valence-corrected chi connectivity index (χ1v) is 10.1. The van der Waals surface area contributed by atoms with Crippen LogP contribution in [-0.2, 0) is 16.0 Å². The molecule has 0 saturated heterocycles. The topological polar surface area (TPSA) is 184 Å². The number of aliphatic hydroxyl groups excluding tert-OH is 1. The standard InChI is InChI=1S/C21H19BrN2O7/c1-5-3-9(22)10-6(2)7-4-8-14(23)17(27)13(20(24)30)19(29)21(8,31)18(28)11(7)16(26)12(10)15(5)25/h3,8,14,25-26,29,31H,4,23H2,1-2H3,(H2,24,30)/t8-,14+,21-/m0/s1. The highest BCUT2D eigenvalue weighted by atomic mass is 79.9. The molecule has 2 aromatic rings. The van der Waals surface area contributed by atoms with Crippen LogP contribution in [0.25, 0.3) is 10.8 Å². The molecule has 162 valence electrons. The number of phenols is 2. The number of hydrogen-bond acceptors (Lipinski definition) is 8. The Balaban J connectivity index is 2.14. The summed E-state index contributed by atoms with van der Waals surface area (Å²) < 4.78 is 0.560. The van der Waals surface area contributed by atoms with Gasteiger partial charge >= 0.3 is 0 Å². The Morgan fingerprint density at radius 3 is 2.35 bits per heavy atom. The highest BCUT2D eigenvalue weighted by Gasteiger charge is 2.61. The predicted molar refractivity (Wildman–Crippen MR) is 113 cm³/mol. The minimum atomic E-state index is -2.74. The zero-order valence-electron chi connectivity index (χ0n) is 16.5. The number of hydrogen-bond donors (Lipinski definition) is 6. The molecule has 3 atom stereocenters. The maximum Gasteiger partial charge on any atom is 0.255 e. The van der Waals surface area contributed by atoms with Crippen LogP contribution >= 0.6 is 15.9 Å². The quantitative estimate of drug-likeness (QED) is 0.318. The van der Waals surface area contributed by atoms with Crippen LogP contribution in [0.1, 0.15) is 27.0 Å². The van der Waals surface area contributed by atoms with E-state index in [0.717, 1.165) is 0 Å². The van der Waals surface area contributed by atoms with E-state index >= 15 is 0 Å². The summed E-state index contributed by atoms with van der Waals surface area (Å²) in [5, 5.41) is 43.9. The fourth-order valence-electron chi connectivity index (χ4n) is 4.76. The second-order valence-corrected chi connectivity index (χ2v) is 8.84. The van der Waals surface area contributed by atoms with Crippen molar-refractivity contribution >= 4 is 44.2 Å². The second kappa shape index (κ2) is 6.52. The second-order valence-electron chi connectivity index (χ2n) is 7.99. The largest absolute Gasteiger partial charge is 0.508 e. The number of rotatable bonds is 1. The normalized spacial score (nSPS) is 25.6. The van der Waals surface area contributed by atoms with E-state index < -0.39 is 52.1 Å². The van der Waals surface area contributed by atoms with E-state index in [1.54, 1.807) is 19.9 Å². The molecule has 8 N–H and O–H groups in total. The van der Waals surface area contributed by atoms with Gasteiger partial charge in [-0.3, -0.25) is 14.4 Å². The number of phenolic OH excluding ortho intramolecular Hbond substituents is 2. The van der Waals surface area contributed by atoms with Crippen molar-refractivity contribution < 1.29 is 34.8 Å². The van der Waals surface area contributed by atoms with Gasteiger partial charge in [0.25, 0.3) is 5.91 Å². The summed E-state index contributed by atoms with van der Waals surface area (Å²) in [6.45, 7) is 3.27. The number of halogens is 1. The molecule has 0 spiro atoms. The Kier molecular flexibility index (Phi) is 4.48. The van der Waals surface area contributed by atoms with Crippen molar-refractivity contribution in [2.24, 2.45) is 17.4 Å². The number of fused-ring (bicyclic) bond motifs is 3. The van der Waals surface area contributed by atoms with Crippen molar-refractivity contribution in [2.45, 2.75) is 31.9 Å². The van der Waals surface area contributed by atoms with E-state index in [-0.39, 0.29) is 23.1 Å². The van der Waals surface area contributed by atoms with Crippen molar-refractivity contribution in [1.82, 2.24) is 0 Å². The van der Waals surface area contributed by atoms with Crippen molar-refractivity contribution in [3.8, 4) is 11.5 Å². The molecule has 0 aromatic heterocycles. The number of carbonyl (C=O) groups is 3. The van der Waals surface area contributed by atoms with Gasteiger partial charge in [-0.2, -0.15) is 0 Å². The monoisotopic (exact) mass is 490 g/mol. The lowest BCUT2D eigenvalue weighted by Gasteiger charge is -2.44. The van der Waals surface area contributed by atoms with E-state index in [1.165, 1.54) is 0 Å². The average molecular weight is 491 g/mol. The molecule has 2 aliphatic rings. The number of ketones is 2.